The highest BCUT2D eigenvalue weighted by atomic mass is 32.2. The van der Waals surface area contributed by atoms with Crippen molar-refractivity contribution >= 4 is 39.2 Å². The van der Waals surface area contributed by atoms with Gasteiger partial charge in [0.2, 0.25) is 5.91 Å². The number of nitrogens with one attached hydrogen (secondary N) is 2. The first-order valence-corrected chi connectivity index (χ1v) is 12.2. The van der Waals surface area contributed by atoms with E-state index in [0.717, 1.165) is 46.5 Å². The average molecular weight is 442 g/mol. The number of benzene rings is 1. The number of amides is 1. The Kier molecular flexibility index (Phi) is 6.29. The van der Waals surface area contributed by atoms with Crippen molar-refractivity contribution in [1.29, 1.82) is 0 Å². The molecule has 2 heterocycles. The largest absolute Gasteiger partial charge is 0.352 e. The van der Waals surface area contributed by atoms with Crippen LogP contribution in [0.25, 0.3) is 10.2 Å². The van der Waals surface area contributed by atoms with Crippen LogP contribution in [0.4, 0.5) is 0 Å². The number of carbonyl (C=O) groups is 1. The van der Waals surface area contributed by atoms with Gasteiger partial charge in [-0.05, 0) is 43.2 Å². The van der Waals surface area contributed by atoms with E-state index in [1.165, 1.54) is 11.8 Å². The molecule has 1 aliphatic carbocycles. The van der Waals surface area contributed by atoms with Gasteiger partial charge in [0.15, 0.2) is 5.16 Å². The molecule has 158 valence electrons. The van der Waals surface area contributed by atoms with Crippen LogP contribution in [0.5, 0.6) is 0 Å². The molecule has 2 atom stereocenters. The van der Waals surface area contributed by atoms with E-state index in [2.05, 4.69) is 31.1 Å². The third-order valence-corrected chi connectivity index (χ3v) is 7.76. The third-order valence-electron chi connectivity index (χ3n) is 5.58. The molecule has 1 aromatic carbocycles. The molecular formula is C23H27N3O2S2. The van der Waals surface area contributed by atoms with Crippen LogP contribution in [-0.2, 0) is 11.2 Å². The minimum atomic E-state index is -0.451. The first-order valence-electron chi connectivity index (χ1n) is 10.5. The van der Waals surface area contributed by atoms with E-state index < -0.39 is 5.25 Å². The van der Waals surface area contributed by atoms with Crippen LogP contribution >= 0.6 is 23.1 Å². The zero-order valence-corrected chi connectivity index (χ0v) is 19.2. The number of aryl methyl sites for hydroxylation is 1. The van der Waals surface area contributed by atoms with Gasteiger partial charge in [0.1, 0.15) is 10.1 Å². The van der Waals surface area contributed by atoms with Gasteiger partial charge in [-0.1, -0.05) is 62.4 Å². The summed E-state index contributed by atoms with van der Waals surface area (Å²) < 4.78 is 0. The molecular weight excluding hydrogens is 414 g/mol. The number of aromatic amines is 1. The number of thioether (sulfide) groups is 1. The van der Waals surface area contributed by atoms with Crippen molar-refractivity contribution in [2.75, 3.05) is 0 Å². The second-order valence-corrected chi connectivity index (χ2v) is 10.4. The predicted octanol–water partition coefficient (Wildman–Crippen LogP) is 4.99. The Morgan fingerprint density at radius 3 is 2.73 bits per heavy atom. The Balaban J connectivity index is 1.67. The molecule has 1 saturated carbocycles. The Bertz CT molecular complexity index is 1100. The third kappa shape index (κ3) is 4.62. The molecule has 0 radical (unpaired) electrons. The molecule has 30 heavy (non-hydrogen) atoms. The van der Waals surface area contributed by atoms with Crippen LogP contribution in [0, 0.1) is 12.8 Å². The van der Waals surface area contributed by atoms with Crippen molar-refractivity contribution in [2.45, 2.75) is 62.9 Å². The molecule has 4 rings (SSSR count). The van der Waals surface area contributed by atoms with Crippen molar-refractivity contribution in [1.82, 2.24) is 15.3 Å². The van der Waals surface area contributed by atoms with E-state index in [4.69, 9.17) is 4.98 Å². The van der Waals surface area contributed by atoms with E-state index in [1.807, 2.05) is 30.3 Å². The average Bonchev–Trinajstić information content (AvgIpc) is 3.49. The number of fused-ring (bicyclic) bond motifs is 1. The number of aromatic nitrogens is 2. The maximum atomic E-state index is 13.0. The molecule has 0 spiro atoms. The molecule has 1 aliphatic rings. The number of rotatable bonds is 8. The molecule has 0 unspecified atom stereocenters. The Morgan fingerprint density at radius 2 is 2.07 bits per heavy atom. The lowest BCUT2D eigenvalue weighted by atomic mass is 9.98. The topological polar surface area (TPSA) is 74.8 Å². The molecule has 0 bridgehead atoms. The summed E-state index contributed by atoms with van der Waals surface area (Å²) in [7, 11) is 0. The molecule has 0 saturated heterocycles. The van der Waals surface area contributed by atoms with Gasteiger partial charge >= 0.3 is 0 Å². The predicted molar refractivity (Wildman–Crippen MR) is 124 cm³/mol. The van der Waals surface area contributed by atoms with Crippen molar-refractivity contribution < 1.29 is 4.79 Å². The number of thiophene rings is 1. The summed E-state index contributed by atoms with van der Waals surface area (Å²) >= 11 is 2.88. The molecule has 2 N–H and O–H groups in total. The van der Waals surface area contributed by atoms with E-state index in [1.54, 1.807) is 11.3 Å². The zero-order chi connectivity index (χ0) is 21.3. The minimum absolute atomic E-state index is 0.0312. The van der Waals surface area contributed by atoms with E-state index in [-0.39, 0.29) is 17.5 Å². The molecule has 3 aromatic rings. The molecule has 2 aromatic heterocycles. The van der Waals surface area contributed by atoms with Gasteiger partial charge in [-0.2, -0.15) is 0 Å². The Morgan fingerprint density at radius 1 is 1.33 bits per heavy atom. The van der Waals surface area contributed by atoms with E-state index >= 15 is 0 Å². The van der Waals surface area contributed by atoms with Gasteiger partial charge in [0, 0.05) is 10.9 Å². The monoisotopic (exact) mass is 441 g/mol. The summed E-state index contributed by atoms with van der Waals surface area (Å²) in [5.41, 5.74) is 1.91. The molecule has 0 aliphatic heterocycles. The fourth-order valence-electron chi connectivity index (χ4n) is 3.47. The molecule has 5 nitrogen and oxygen atoms in total. The standard InChI is InChI=1S/C23H27N3O2S2/c1-4-13(2)12-17-14(3)29-22-18(17)20(27)25-23(26-22)30-19(15-8-6-5-7-9-15)21(28)24-16-10-11-16/h5-9,13,16,19H,4,10-12H2,1-3H3,(H,24,28)(H,25,26,27)/t13-,19+/m1/s1. The number of hydrogen-bond donors (Lipinski definition) is 2. The lowest BCUT2D eigenvalue weighted by Crippen LogP contribution is -2.30. The first-order chi connectivity index (χ1) is 14.5. The van der Waals surface area contributed by atoms with Crippen LogP contribution in [-0.4, -0.2) is 21.9 Å². The van der Waals surface area contributed by atoms with E-state index in [0.29, 0.717) is 16.5 Å². The molecule has 7 heteroatoms. The van der Waals surface area contributed by atoms with Gasteiger partial charge in [-0.25, -0.2) is 4.98 Å². The van der Waals surface area contributed by atoms with Crippen molar-refractivity contribution in [3.8, 4) is 0 Å². The maximum Gasteiger partial charge on any atom is 0.260 e. The summed E-state index contributed by atoms with van der Waals surface area (Å²) in [5, 5.41) is 3.84. The minimum Gasteiger partial charge on any atom is -0.352 e. The zero-order valence-electron chi connectivity index (χ0n) is 17.5. The Labute approximate surface area is 184 Å². The van der Waals surface area contributed by atoms with Gasteiger partial charge < -0.3 is 10.3 Å². The smallest absolute Gasteiger partial charge is 0.260 e. The number of nitrogens with zero attached hydrogens (tertiary/aromatic N) is 1. The lowest BCUT2D eigenvalue weighted by molar-refractivity contribution is -0.120. The fraction of sp³-hybridized carbons (Fsp3) is 0.435. The molecule has 1 amide bonds. The summed E-state index contributed by atoms with van der Waals surface area (Å²) in [5.74, 6) is 0.486. The number of H-pyrrole nitrogens is 1. The highest BCUT2D eigenvalue weighted by molar-refractivity contribution is 8.00. The SMILES string of the molecule is CC[C@@H](C)Cc1c(C)sc2nc(S[C@H](C(=O)NC3CC3)c3ccccc3)[nH]c(=O)c12. The number of hydrogen-bond acceptors (Lipinski definition) is 5. The van der Waals surface area contributed by atoms with Gasteiger partial charge in [-0.15, -0.1) is 11.3 Å². The second kappa shape index (κ2) is 8.94. The summed E-state index contributed by atoms with van der Waals surface area (Å²) in [6, 6.07) is 9.96. The Hall–Kier alpha value is -2.12. The maximum absolute atomic E-state index is 13.0. The first kappa shape index (κ1) is 21.1. The lowest BCUT2D eigenvalue weighted by Gasteiger charge is -2.16. The van der Waals surface area contributed by atoms with Crippen molar-refractivity contribution in [2.24, 2.45) is 5.92 Å². The van der Waals surface area contributed by atoms with Crippen LogP contribution in [0.3, 0.4) is 0 Å². The quantitative estimate of drug-likeness (QED) is 0.381. The van der Waals surface area contributed by atoms with Crippen LogP contribution in [0.2, 0.25) is 0 Å². The summed E-state index contributed by atoms with van der Waals surface area (Å²) in [6.45, 7) is 6.44. The fourth-order valence-corrected chi connectivity index (χ4v) is 5.57. The van der Waals surface area contributed by atoms with Gasteiger partial charge in [0.05, 0.1) is 5.39 Å². The van der Waals surface area contributed by atoms with Crippen molar-refractivity contribution in [3.63, 3.8) is 0 Å². The molecule has 1 fully saturated rings. The van der Waals surface area contributed by atoms with Crippen LogP contribution < -0.4 is 10.9 Å². The highest BCUT2D eigenvalue weighted by Gasteiger charge is 2.30. The summed E-state index contributed by atoms with van der Waals surface area (Å²) in [4.78, 5) is 35.5. The van der Waals surface area contributed by atoms with E-state index in [9.17, 15) is 9.59 Å². The highest BCUT2D eigenvalue weighted by Crippen LogP contribution is 2.36. The summed E-state index contributed by atoms with van der Waals surface area (Å²) in [6.07, 6.45) is 4.03. The van der Waals surface area contributed by atoms with Crippen LogP contribution in [0.15, 0.2) is 40.3 Å². The van der Waals surface area contributed by atoms with Crippen LogP contribution in [0.1, 0.15) is 54.4 Å². The number of carbonyl (C=O) groups excluding carboxylic acids is 1. The van der Waals surface area contributed by atoms with Crippen molar-refractivity contribution in [3.05, 3.63) is 56.7 Å². The van der Waals surface area contributed by atoms with Gasteiger partial charge in [-0.3, -0.25) is 9.59 Å². The van der Waals surface area contributed by atoms with Gasteiger partial charge in [0.25, 0.3) is 5.56 Å². The normalized spacial score (nSPS) is 15.8. The second-order valence-electron chi connectivity index (χ2n) is 8.10.